The Morgan fingerprint density at radius 3 is 2.64 bits per heavy atom. The normalized spacial score (nSPS) is 9.00. The molecule has 0 N–H and O–H groups in total. The van der Waals surface area contributed by atoms with Gasteiger partial charge in [-0.3, -0.25) is 0 Å². The Kier molecular flexibility index (Phi) is 5.22. The van der Waals surface area contributed by atoms with Crippen LogP contribution in [0.2, 0.25) is 5.32 Å². The van der Waals surface area contributed by atoms with Gasteiger partial charge in [0.1, 0.15) is 0 Å². The van der Waals surface area contributed by atoms with Crippen LogP contribution in [0.25, 0.3) is 0 Å². The van der Waals surface area contributed by atoms with Crippen LogP contribution < -0.4 is 4.74 Å². The third-order valence-electron chi connectivity index (χ3n) is 1.62. The molecule has 0 aromatic heterocycles. The first-order valence-corrected chi connectivity index (χ1v) is 6.69. The fourth-order valence-corrected chi connectivity index (χ4v) is 1.55. The molecule has 0 saturated carbocycles. The Hall–Kier alpha value is -0.901. The molecule has 0 amide bonds. The Morgan fingerprint density at radius 1 is 1.29 bits per heavy atom. The average molecular weight is 253 g/mol. The van der Waals surface area contributed by atoms with E-state index in [4.69, 9.17) is 4.74 Å². The molecular weight excluding hydrogens is 239 g/mol. The molecule has 0 atom stereocenters. The van der Waals surface area contributed by atoms with Crippen LogP contribution in [0.5, 0.6) is 5.75 Å². The second kappa shape index (κ2) is 6.54. The van der Waals surface area contributed by atoms with Gasteiger partial charge in [0.25, 0.3) is 0 Å². The van der Waals surface area contributed by atoms with Gasteiger partial charge in [-0.05, 0) is 0 Å². The topological polar surface area (TPSA) is 9.23 Å². The summed E-state index contributed by atoms with van der Waals surface area (Å²) in [7, 11) is 0. The SMILES string of the molecule is CC[Se]C#CCOc1ccc(C)cc1. The van der Waals surface area contributed by atoms with Crippen LogP contribution in [0.15, 0.2) is 24.3 Å². The number of ether oxygens (including phenoxy) is 1. The van der Waals surface area contributed by atoms with Gasteiger partial charge in [-0.25, -0.2) is 0 Å². The zero-order chi connectivity index (χ0) is 10.2. The predicted molar refractivity (Wildman–Crippen MR) is 60.7 cm³/mol. The van der Waals surface area contributed by atoms with Crippen LogP contribution in [0.4, 0.5) is 0 Å². The summed E-state index contributed by atoms with van der Waals surface area (Å²) in [6.07, 6.45) is 0. The van der Waals surface area contributed by atoms with Crippen molar-refractivity contribution < 1.29 is 4.74 Å². The van der Waals surface area contributed by atoms with Gasteiger partial charge in [-0.1, -0.05) is 0 Å². The average Bonchev–Trinajstić information content (AvgIpc) is 2.21. The monoisotopic (exact) mass is 254 g/mol. The summed E-state index contributed by atoms with van der Waals surface area (Å²) in [6, 6.07) is 8.03. The van der Waals surface area contributed by atoms with Crippen LogP contribution in [-0.2, 0) is 0 Å². The van der Waals surface area contributed by atoms with E-state index in [-0.39, 0.29) is 0 Å². The number of hydrogen-bond donors (Lipinski definition) is 0. The first-order valence-electron chi connectivity index (χ1n) is 4.62. The number of benzene rings is 1. The molecule has 14 heavy (non-hydrogen) atoms. The molecule has 1 aromatic carbocycles. The molecule has 1 rings (SSSR count). The Morgan fingerprint density at radius 2 is 2.00 bits per heavy atom. The molecular formula is C12H14OSe. The summed E-state index contributed by atoms with van der Waals surface area (Å²) in [4.78, 5) is 3.10. The van der Waals surface area contributed by atoms with Gasteiger partial charge in [0, 0.05) is 0 Å². The summed E-state index contributed by atoms with van der Waals surface area (Å²) in [6.45, 7) is 4.72. The van der Waals surface area contributed by atoms with Gasteiger partial charge >= 0.3 is 91.8 Å². The van der Waals surface area contributed by atoms with Crippen molar-refractivity contribution in [2.45, 2.75) is 19.2 Å². The van der Waals surface area contributed by atoms with Crippen molar-refractivity contribution in [2.75, 3.05) is 6.61 Å². The maximum atomic E-state index is 5.44. The quantitative estimate of drug-likeness (QED) is 0.594. The molecule has 1 aromatic rings. The Labute approximate surface area is 92.0 Å². The molecule has 74 valence electrons. The van der Waals surface area contributed by atoms with Crippen molar-refractivity contribution in [3.05, 3.63) is 29.8 Å². The van der Waals surface area contributed by atoms with Crippen LogP contribution in [-0.4, -0.2) is 21.6 Å². The van der Waals surface area contributed by atoms with Crippen molar-refractivity contribution in [3.63, 3.8) is 0 Å². The fourth-order valence-electron chi connectivity index (χ4n) is 0.907. The molecule has 0 spiro atoms. The summed E-state index contributed by atoms with van der Waals surface area (Å²) in [5.74, 6) is 3.90. The third kappa shape index (κ3) is 4.37. The Balaban J connectivity index is 2.32. The van der Waals surface area contributed by atoms with E-state index in [1.54, 1.807) is 0 Å². The second-order valence-corrected chi connectivity index (χ2v) is 5.06. The number of hydrogen-bond acceptors (Lipinski definition) is 1. The molecule has 1 nitrogen and oxygen atoms in total. The molecule has 0 aliphatic carbocycles. The summed E-state index contributed by atoms with van der Waals surface area (Å²) in [5, 5.41) is 1.17. The van der Waals surface area contributed by atoms with Crippen molar-refractivity contribution >= 4 is 15.0 Å². The van der Waals surface area contributed by atoms with Gasteiger partial charge in [0.2, 0.25) is 0 Å². The van der Waals surface area contributed by atoms with Crippen LogP contribution in [0, 0.1) is 17.7 Å². The molecule has 0 saturated heterocycles. The van der Waals surface area contributed by atoms with E-state index in [1.165, 1.54) is 10.9 Å². The molecule has 0 unspecified atom stereocenters. The summed E-state index contributed by atoms with van der Waals surface area (Å²) < 4.78 is 5.44. The van der Waals surface area contributed by atoms with Crippen molar-refractivity contribution in [2.24, 2.45) is 0 Å². The molecule has 0 bridgehead atoms. The summed E-state index contributed by atoms with van der Waals surface area (Å²) >= 11 is 0.469. The molecule has 0 heterocycles. The zero-order valence-corrected chi connectivity index (χ0v) is 10.3. The molecule has 2 heteroatoms. The zero-order valence-electron chi connectivity index (χ0n) is 8.54. The van der Waals surface area contributed by atoms with Gasteiger partial charge in [0.05, 0.1) is 0 Å². The van der Waals surface area contributed by atoms with Gasteiger partial charge in [-0.2, -0.15) is 0 Å². The van der Waals surface area contributed by atoms with Crippen LogP contribution in [0.1, 0.15) is 12.5 Å². The maximum absolute atomic E-state index is 5.44. The van der Waals surface area contributed by atoms with Crippen LogP contribution >= 0.6 is 0 Å². The molecule has 0 fully saturated rings. The van der Waals surface area contributed by atoms with E-state index in [9.17, 15) is 0 Å². The van der Waals surface area contributed by atoms with Crippen molar-refractivity contribution in [1.82, 2.24) is 0 Å². The van der Waals surface area contributed by atoms with E-state index in [2.05, 4.69) is 24.6 Å². The Bertz CT molecular complexity index is 318. The minimum atomic E-state index is 0.469. The van der Waals surface area contributed by atoms with Gasteiger partial charge in [0.15, 0.2) is 0 Å². The van der Waals surface area contributed by atoms with Crippen molar-refractivity contribution in [3.8, 4) is 16.5 Å². The summed E-state index contributed by atoms with van der Waals surface area (Å²) in [5.41, 5.74) is 1.25. The molecule has 0 aliphatic heterocycles. The van der Waals surface area contributed by atoms with E-state index < -0.39 is 0 Å². The molecule has 0 radical (unpaired) electrons. The number of rotatable bonds is 3. The van der Waals surface area contributed by atoms with E-state index in [0.29, 0.717) is 21.6 Å². The van der Waals surface area contributed by atoms with E-state index >= 15 is 0 Å². The first kappa shape index (κ1) is 11.2. The minimum absolute atomic E-state index is 0.469. The van der Waals surface area contributed by atoms with Gasteiger partial charge in [-0.15, -0.1) is 0 Å². The standard InChI is InChI=1S/C12H14OSe/c1-3-14-10-4-9-13-12-7-5-11(2)6-8-12/h5-8H,3,9H2,1-2H3. The number of aryl methyl sites for hydroxylation is 1. The third-order valence-corrected chi connectivity index (χ3v) is 2.83. The van der Waals surface area contributed by atoms with Gasteiger partial charge < -0.3 is 0 Å². The first-order chi connectivity index (χ1) is 6.83. The van der Waals surface area contributed by atoms with E-state index in [0.717, 1.165) is 5.75 Å². The second-order valence-electron chi connectivity index (χ2n) is 2.81. The molecule has 0 aliphatic rings. The van der Waals surface area contributed by atoms with Crippen molar-refractivity contribution in [1.29, 1.82) is 0 Å². The van der Waals surface area contributed by atoms with E-state index in [1.807, 2.05) is 24.3 Å². The fraction of sp³-hybridized carbons (Fsp3) is 0.333. The van der Waals surface area contributed by atoms with Crippen LogP contribution in [0.3, 0.4) is 0 Å². The predicted octanol–water partition coefficient (Wildman–Crippen LogP) is 2.48.